The van der Waals surface area contributed by atoms with Gasteiger partial charge in [-0.1, -0.05) is 13.8 Å². The van der Waals surface area contributed by atoms with Gasteiger partial charge in [0.05, 0.1) is 12.1 Å². The highest BCUT2D eigenvalue weighted by Gasteiger charge is 2.14. The van der Waals surface area contributed by atoms with Gasteiger partial charge in [0.25, 0.3) is 0 Å². The highest BCUT2D eigenvalue weighted by Crippen LogP contribution is 2.03. The average Bonchev–Trinajstić information content (AvgIpc) is 2.11. The molecule has 0 bridgehead atoms. The van der Waals surface area contributed by atoms with Crippen LogP contribution in [0.3, 0.4) is 0 Å². The fourth-order valence-electron chi connectivity index (χ4n) is 1.44. The molecule has 0 aliphatic heterocycles. The van der Waals surface area contributed by atoms with Crippen LogP contribution in [0.25, 0.3) is 0 Å². The van der Waals surface area contributed by atoms with Gasteiger partial charge in [-0.3, -0.25) is 4.79 Å². The third kappa shape index (κ3) is 7.65. The predicted octanol–water partition coefficient (Wildman–Crippen LogP) is 0.896. The van der Waals surface area contributed by atoms with Crippen LogP contribution in [-0.2, 0) is 4.79 Å². The SMILES string of the molecule is CC(C)CC(O)CNC(C)C(=O)NC(C)C. The lowest BCUT2D eigenvalue weighted by atomic mass is 10.1. The van der Waals surface area contributed by atoms with Gasteiger partial charge >= 0.3 is 0 Å². The predicted molar refractivity (Wildman–Crippen MR) is 66.2 cm³/mol. The van der Waals surface area contributed by atoms with Gasteiger partial charge < -0.3 is 15.7 Å². The van der Waals surface area contributed by atoms with Crippen molar-refractivity contribution < 1.29 is 9.90 Å². The van der Waals surface area contributed by atoms with E-state index in [1.807, 2.05) is 13.8 Å². The zero-order chi connectivity index (χ0) is 12.7. The average molecular weight is 230 g/mol. The summed E-state index contributed by atoms with van der Waals surface area (Å²) in [5.41, 5.74) is 0. The van der Waals surface area contributed by atoms with Crippen molar-refractivity contribution >= 4 is 5.91 Å². The van der Waals surface area contributed by atoms with Crippen molar-refractivity contribution in [2.45, 2.75) is 59.2 Å². The van der Waals surface area contributed by atoms with Crippen LogP contribution in [-0.4, -0.2) is 35.7 Å². The van der Waals surface area contributed by atoms with E-state index >= 15 is 0 Å². The van der Waals surface area contributed by atoms with Crippen molar-refractivity contribution in [3.05, 3.63) is 0 Å². The molecule has 0 aromatic heterocycles. The fourth-order valence-corrected chi connectivity index (χ4v) is 1.44. The number of aliphatic hydroxyl groups is 1. The maximum absolute atomic E-state index is 11.5. The molecule has 0 fully saturated rings. The van der Waals surface area contributed by atoms with Crippen LogP contribution in [0, 0.1) is 5.92 Å². The smallest absolute Gasteiger partial charge is 0.237 e. The Kier molecular flexibility index (Phi) is 7.34. The number of carbonyl (C=O) groups excluding carboxylic acids is 1. The zero-order valence-electron chi connectivity index (χ0n) is 11.1. The summed E-state index contributed by atoms with van der Waals surface area (Å²) in [4.78, 5) is 11.5. The van der Waals surface area contributed by atoms with Crippen LogP contribution in [0.2, 0.25) is 0 Å². The van der Waals surface area contributed by atoms with Crippen LogP contribution < -0.4 is 10.6 Å². The lowest BCUT2D eigenvalue weighted by Gasteiger charge is -2.19. The molecule has 0 heterocycles. The van der Waals surface area contributed by atoms with E-state index in [4.69, 9.17) is 0 Å². The Morgan fingerprint density at radius 2 is 1.75 bits per heavy atom. The monoisotopic (exact) mass is 230 g/mol. The third-order valence-electron chi connectivity index (χ3n) is 2.23. The summed E-state index contributed by atoms with van der Waals surface area (Å²) in [7, 11) is 0. The highest BCUT2D eigenvalue weighted by molar-refractivity contribution is 5.81. The summed E-state index contributed by atoms with van der Waals surface area (Å²) in [5, 5.41) is 15.5. The Hall–Kier alpha value is -0.610. The van der Waals surface area contributed by atoms with Gasteiger partial charge in [-0.15, -0.1) is 0 Å². The molecule has 4 heteroatoms. The Morgan fingerprint density at radius 3 is 2.19 bits per heavy atom. The number of nitrogens with one attached hydrogen (secondary N) is 2. The number of rotatable bonds is 7. The van der Waals surface area contributed by atoms with E-state index in [-0.39, 0.29) is 24.1 Å². The molecule has 0 radical (unpaired) electrons. The Balaban J connectivity index is 3.79. The van der Waals surface area contributed by atoms with E-state index in [0.717, 1.165) is 6.42 Å². The van der Waals surface area contributed by atoms with Crippen LogP contribution in [0.1, 0.15) is 41.0 Å². The minimum absolute atomic E-state index is 0.0215. The molecule has 0 aromatic rings. The van der Waals surface area contributed by atoms with Gasteiger partial charge in [0.15, 0.2) is 0 Å². The molecule has 2 atom stereocenters. The van der Waals surface area contributed by atoms with Gasteiger partial charge in [-0.05, 0) is 33.1 Å². The van der Waals surface area contributed by atoms with Crippen molar-refractivity contribution in [3.8, 4) is 0 Å². The zero-order valence-corrected chi connectivity index (χ0v) is 11.1. The summed E-state index contributed by atoms with van der Waals surface area (Å²) >= 11 is 0. The normalized spacial score (nSPS) is 15.2. The van der Waals surface area contributed by atoms with Crippen LogP contribution in [0.4, 0.5) is 0 Å². The van der Waals surface area contributed by atoms with Crippen LogP contribution in [0.5, 0.6) is 0 Å². The number of amides is 1. The van der Waals surface area contributed by atoms with Crippen molar-refractivity contribution in [3.63, 3.8) is 0 Å². The maximum atomic E-state index is 11.5. The Labute approximate surface area is 98.8 Å². The molecule has 16 heavy (non-hydrogen) atoms. The van der Waals surface area contributed by atoms with Gasteiger partial charge in [0.2, 0.25) is 5.91 Å². The highest BCUT2D eigenvalue weighted by atomic mass is 16.3. The first-order chi connectivity index (χ1) is 7.32. The molecule has 0 saturated carbocycles. The van der Waals surface area contributed by atoms with Crippen molar-refractivity contribution in [1.29, 1.82) is 0 Å². The van der Waals surface area contributed by atoms with E-state index in [2.05, 4.69) is 24.5 Å². The second-order valence-electron chi connectivity index (χ2n) is 5.08. The maximum Gasteiger partial charge on any atom is 0.237 e. The van der Waals surface area contributed by atoms with E-state index < -0.39 is 0 Å². The quantitative estimate of drug-likeness (QED) is 0.609. The van der Waals surface area contributed by atoms with E-state index in [1.165, 1.54) is 0 Å². The fraction of sp³-hybridized carbons (Fsp3) is 0.917. The topological polar surface area (TPSA) is 61.4 Å². The molecule has 0 spiro atoms. The summed E-state index contributed by atoms with van der Waals surface area (Å²) < 4.78 is 0. The van der Waals surface area contributed by atoms with Crippen LogP contribution in [0.15, 0.2) is 0 Å². The summed E-state index contributed by atoms with van der Waals surface area (Å²) in [6, 6.07) is -0.110. The summed E-state index contributed by atoms with van der Waals surface area (Å²) in [5.74, 6) is 0.448. The lowest BCUT2D eigenvalue weighted by Crippen LogP contribution is -2.46. The first-order valence-electron chi connectivity index (χ1n) is 6.04. The van der Waals surface area contributed by atoms with Crippen molar-refractivity contribution in [2.75, 3.05) is 6.54 Å². The molecule has 96 valence electrons. The number of aliphatic hydroxyl groups excluding tert-OH is 1. The molecule has 0 aromatic carbocycles. The number of hydrogen-bond acceptors (Lipinski definition) is 3. The molecular formula is C12H26N2O2. The van der Waals surface area contributed by atoms with Crippen LogP contribution >= 0.6 is 0 Å². The first kappa shape index (κ1) is 15.4. The van der Waals surface area contributed by atoms with E-state index in [0.29, 0.717) is 12.5 Å². The molecule has 0 aliphatic carbocycles. The Morgan fingerprint density at radius 1 is 1.19 bits per heavy atom. The molecule has 0 aliphatic rings. The largest absolute Gasteiger partial charge is 0.392 e. The standard InChI is InChI=1S/C12H26N2O2/c1-8(2)6-11(15)7-13-10(5)12(16)14-9(3)4/h8-11,13,15H,6-7H2,1-5H3,(H,14,16). The van der Waals surface area contributed by atoms with Gasteiger partial charge in [0, 0.05) is 12.6 Å². The molecule has 0 saturated heterocycles. The van der Waals surface area contributed by atoms with E-state index in [9.17, 15) is 9.90 Å². The molecule has 1 amide bonds. The molecule has 3 N–H and O–H groups in total. The van der Waals surface area contributed by atoms with Gasteiger partial charge in [-0.25, -0.2) is 0 Å². The third-order valence-corrected chi connectivity index (χ3v) is 2.23. The number of carbonyl (C=O) groups is 1. The molecule has 4 nitrogen and oxygen atoms in total. The molecule has 0 rings (SSSR count). The second kappa shape index (κ2) is 7.63. The van der Waals surface area contributed by atoms with E-state index in [1.54, 1.807) is 6.92 Å². The second-order valence-corrected chi connectivity index (χ2v) is 5.08. The molecule has 2 unspecified atom stereocenters. The van der Waals surface area contributed by atoms with Crippen molar-refractivity contribution in [2.24, 2.45) is 5.92 Å². The Bertz CT molecular complexity index is 205. The van der Waals surface area contributed by atoms with Crippen molar-refractivity contribution in [1.82, 2.24) is 10.6 Å². The minimum atomic E-state index is -0.380. The first-order valence-corrected chi connectivity index (χ1v) is 6.04. The number of hydrogen-bond donors (Lipinski definition) is 3. The summed E-state index contributed by atoms with van der Waals surface area (Å²) in [6.07, 6.45) is 0.375. The van der Waals surface area contributed by atoms with Gasteiger partial charge in [-0.2, -0.15) is 0 Å². The summed E-state index contributed by atoms with van der Waals surface area (Å²) in [6.45, 7) is 10.3. The molecular weight excluding hydrogens is 204 g/mol. The van der Waals surface area contributed by atoms with Gasteiger partial charge in [0.1, 0.15) is 0 Å². The lowest BCUT2D eigenvalue weighted by molar-refractivity contribution is -0.123. The minimum Gasteiger partial charge on any atom is -0.392 e.